The van der Waals surface area contributed by atoms with Crippen LogP contribution in [0.4, 0.5) is 4.79 Å². The van der Waals surface area contributed by atoms with Crippen LogP contribution in [0.3, 0.4) is 0 Å². The van der Waals surface area contributed by atoms with Crippen LogP contribution >= 0.6 is 0 Å². The maximum absolute atomic E-state index is 13.8. The number of amides is 5. The highest BCUT2D eigenvalue weighted by Gasteiger charge is 2.47. The molecule has 6 N–H and O–H groups in total. The number of likely N-dealkylation sites (tertiary alicyclic amines) is 1. The van der Waals surface area contributed by atoms with Crippen LogP contribution in [-0.2, 0) is 24.0 Å². The first-order valence-corrected chi connectivity index (χ1v) is 13.4. The Bertz CT molecular complexity index is 981. The quantitative estimate of drug-likeness (QED) is 0.254. The fraction of sp³-hybridized carbons (Fsp3) is 0.769. The molecule has 12 heteroatoms. The van der Waals surface area contributed by atoms with Crippen molar-refractivity contribution in [3.8, 4) is 0 Å². The monoisotopic (exact) mass is 535 g/mol. The molecule has 1 heterocycles. The number of aliphatic carboxylic acids is 1. The SMILES string of the molecule is CC1CCN(C(=O)C(NC(=O)NC2(C(=O)O)CCCC2)C(C)(C)C)[C@@H]1C(=O)NC(CC1CC1)C(=O)C(N)=O. The summed E-state index contributed by atoms with van der Waals surface area (Å²) in [6.45, 7) is 7.40. The summed E-state index contributed by atoms with van der Waals surface area (Å²) >= 11 is 0. The van der Waals surface area contributed by atoms with Gasteiger partial charge in [-0.05, 0) is 42.9 Å². The maximum Gasteiger partial charge on any atom is 0.329 e. The smallest absolute Gasteiger partial charge is 0.329 e. The predicted molar refractivity (Wildman–Crippen MR) is 137 cm³/mol. The van der Waals surface area contributed by atoms with Gasteiger partial charge in [-0.2, -0.15) is 0 Å². The van der Waals surface area contributed by atoms with E-state index in [1.807, 2.05) is 6.92 Å². The average Bonchev–Trinajstić information content (AvgIpc) is 3.35. The van der Waals surface area contributed by atoms with Crippen molar-refractivity contribution in [3.63, 3.8) is 0 Å². The van der Waals surface area contributed by atoms with Gasteiger partial charge in [0.1, 0.15) is 17.6 Å². The Balaban J connectivity index is 1.76. The van der Waals surface area contributed by atoms with Gasteiger partial charge in [0.15, 0.2) is 0 Å². The summed E-state index contributed by atoms with van der Waals surface area (Å²) in [4.78, 5) is 77.3. The van der Waals surface area contributed by atoms with E-state index in [1.54, 1.807) is 20.8 Å². The van der Waals surface area contributed by atoms with Gasteiger partial charge in [0, 0.05) is 6.54 Å². The van der Waals surface area contributed by atoms with Crippen LogP contribution < -0.4 is 21.7 Å². The average molecular weight is 536 g/mol. The van der Waals surface area contributed by atoms with E-state index in [-0.39, 0.29) is 18.4 Å². The van der Waals surface area contributed by atoms with Gasteiger partial charge in [0.2, 0.25) is 17.6 Å². The third-order valence-electron chi connectivity index (χ3n) is 8.00. The highest BCUT2D eigenvalue weighted by atomic mass is 16.4. The van der Waals surface area contributed by atoms with E-state index >= 15 is 0 Å². The summed E-state index contributed by atoms with van der Waals surface area (Å²) in [6, 6.07) is -3.75. The van der Waals surface area contributed by atoms with E-state index in [2.05, 4.69) is 16.0 Å². The Morgan fingerprint density at radius 3 is 2.13 bits per heavy atom. The van der Waals surface area contributed by atoms with Gasteiger partial charge in [-0.3, -0.25) is 19.2 Å². The minimum Gasteiger partial charge on any atom is -0.480 e. The molecule has 12 nitrogen and oxygen atoms in total. The lowest BCUT2D eigenvalue weighted by Gasteiger charge is -2.37. The normalized spacial score (nSPS) is 24.3. The van der Waals surface area contributed by atoms with Crippen molar-refractivity contribution in [3.05, 3.63) is 0 Å². The Morgan fingerprint density at radius 2 is 1.63 bits per heavy atom. The lowest BCUT2D eigenvalue weighted by molar-refractivity contribution is -0.144. The number of primary amides is 1. The van der Waals surface area contributed by atoms with Crippen LogP contribution in [0.1, 0.15) is 79.1 Å². The molecule has 3 aliphatic rings. The molecule has 0 aromatic heterocycles. The molecule has 3 unspecified atom stereocenters. The van der Waals surface area contributed by atoms with Crippen LogP contribution in [0.2, 0.25) is 0 Å². The van der Waals surface area contributed by atoms with Crippen LogP contribution in [-0.4, -0.2) is 75.7 Å². The zero-order valence-electron chi connectivity index (χ0n) is 22.7. The highest BCUT2D eigenvalue weighted by Crippen LogP contribution is 2.34. The van der Waals surface area contributed by atoms with Crippen molar-refractivity contribution < 1.29 is 33.9 Å². The molecule has 0 aromatic rings. The molecule has 212 valence electrons. The molecular weight excluding hydrogens is 494 g/mol. The third kappa shape index (κ3) is 6.63. The topological polar surface area (TPSA) is 188 Å². The van der Waals surface area contributed by atoms with Crippen molar-refractivity contribution in [2.45, 2.75) is 103 Å². The molecule has 0 bridgehead atoms. The summed E-state index contributed by atoms with van der Waals surface area (Å²) in [6.07, 6.45) is 4.64. The molecule has 4 atom stereocenters. The number of carbonyl (C=O) groups excluding carboxylic acids is 5. The summed E-state index contributed by atoms with van der Waals surface area (Å²) in [7, 11) is 0. The third-order valence-corrected chi connectivity index (χ3v) is 8.00. The maximum atomic E-state index is 13.8. The second-order valence-corrected chi connectivity index (χ2v) is 12.2. The van der Waals surface area contributed by atoms with Gasteiger partial charge >= 0.3 is 12.0 Å². The van der Waals surface area contributed by atoms with E-state index in [0.29, 0.717) is 38.5 Å². The standard InChI is InChI=1S/C26H41N5O7/c1-14-9-12-31(17(14)21(34)28-16(13-15-7-8-15)18(32)20(27)33)22(35)19(25(2,3)4)29-24(38)30-26(23(36)37)10-5-6-11-26/h14-17,19H,5-13H2,1-4H3,(H2,27,33)(H,28,34)(H,36,37)(H2,29,30,38)/t14?,16?,17-,19?/m0/s1. The number of hydrogen-bond acceptors (Lipinski definition) is 6. The van der Waals surface area contributed by atoms with Crippen molar-refractivity contribution in [1.29, 1.82) is 0 Å². The number of urea groups is 1. The minimum absolute atomic E-state index is 0.229. The van der Waals surface area contributed by atoms with E-state index in [9.17, 15) is 33.9 Å². The zero-order valence-corrected chi connectivity index (χ0v) is 22.7. The van der Waals surface area contributed by atoms with E-state index in [4.69, 9.17) is 5.73 Å². The van der Waals surface area contributed by atoms with Gasteiger partial charge in [0.25, 0.3) is 5.91 Å². The van der Waals surface area contributed by atoms with Crippen LogP contribution in [0.5, 0.6) is 0 Å². The molecule has 3 fully saturated rings. The number of Topliss-reactive ketones (excluding diaryl/α,β-unsaturated/α-hetero) is 1. The molecule has 3 rings (SSSR count). The predicted octanol–water partition coefficient (Wildman–Crippen LogP) is 0.674. The summed E-state index contributed by atoms with van der Waals surface area (Å²) < 4.78 is 0. The van der Waals surface area contributed by atoms with Crippen molar-refractivity contribution in [2.24, 2.45) is 23.0 Å². The molecular formula is C26H41N5O7. The number of nitrogens with two attached hydrogens (primary N) is 1. The number of nitrogens with zero attached hydrogens (tertiary/aromatic N) is 1. The Morgan fingerprint density at radius 1 is 1.03 bits per heavy atom. The number of hydrogen-bond donors (Lipinski definition) is 5. The number of carbonyl (C=O) groups is 6. The van der Waals surface area contributed by atoms with E-state index in [0.717, 1.165) is 12.8 Å². The fourth-order valence-corrected chi connectivity index (χ4v) is 5.51. The molecule has 38 heavy (non-hydrogen) atoms. The minimum atomic E-state index is -1.37. The van der Waals surface area contributed by atoms with E-state index < -0.39 is 64.6 Å². The van der Waals surface area contributed by atoms with Gasteiger partial charge < -0.3 is 31.7 Å². The molecule has 2 aliphatic carbocycles. The van der Waals surface area contributed by atoms with Gasteiger partial charge in [-0.15, -0.1) is 0 Å². The number of rotatable bonds is 10. The first-order chi connectivity index (χ1) is 17.7. The Kier molecular flexibility index (Phi) is 8.72. The number of carboxylic acid groups (broad SMARTS) is 1. The Hall–Kier alpha value is -3.18. The first kappa shape index (κ1) is 29.4. The van der Waals surface area contributed by atoms with Crippen LogP contribution in [0.15, 0.2) is 0 Å². The number of nitrogens with one attached hydrogen (secondary N) is 3. The van der Waals surface area contributed by atoms with Gasteiger partial charge in [-0.1, -0.05) is 53.4 Å². The van der Waals surface area contributed by atoms with Gasteiger partial charge in [-0.25, -0.2) is 9.59 Å². The number of carboxylic acids is 1. The van der Waals surface area contributed by atoms with Crippen LogP contribution in [0, 0.1) is 17.3 Å². The largest absolute Gasteiger partial charge is 0.480 e. The number of ketones is 1. The molecule has 1 saturated heterocycles. The zero-order chi connectivity index (χ0) is 28.4. The van der Waals surface area contributed by atoms with Crippen molar-refractivity contribution >= 4 is 35.5 Å². The first-order valence-electron chi connectivity index (χ1n) is 13.4. The van der Waals surface area contributed by atoms with E-state index in [1.165, 1.54) is 4.90 Å². The molecule has 0 aromatic carbocycles. The van der Waals surface area contributed by atoms with Crippen LogP contribution in [0.25, 0.3) is 0 Å². The molecule has 5 amide bonds. The summed E-state index contributed by atoms with van der Waals surface area (Å²) in [5.74, 6) is -4.10. The summed E-state index contributed by atoms with van der Waals surface area (Å²) in [5.41, 5.74) is 3.07. The lowest BCUT2D eigenvalue weighted by Crippen LogP contribution is -2.63. The molecule has 0 spiro atoms. The molecule has 0 radical (unpaired) electrons. The molecule has 1 aliphatic heterocycles. The molecule has 2 saturated carbocycles. The lowest BCUT2D eigenvalue weighted by atomic mass is 9.85. The second kappa shape index (κ2) is 11.3. The summed E-state index contributed by atoms with van der Waals surface area (Å²) in [5, 5.41) is 17.6. The fourth-order valence-electron chi connectivity index (χ4n) is 5.51. The van der Waals surface area contributed by atoms with Gasteiger partial charge in [0.05, 0.1) is 6.04 Å². The second-order valence-electron chi connectivity index (χ2n) is 12.2. The van der Waals surface area contributed by atoms with Crippen molar-refractivity contribution in [2.75, 3.05) is 6.54 Å². The highest BCUT2D eigenvalue weighted by molar-refractivity contribution is 6.37. The van der Waals surface area contributed by atoms with Crippen molar-refractivity contribution in [1.82, 2.24) is 20.9 Å². The Labute approximate surface area is 222 Å².